The van der Waals surface area contributed by atoms with Crippen molar-refractivity contribution in [2.45, 2.75) is 13.5 Å². The van der Waals surface area contributed by atoms with E-state index in [9.17, 15) is 9.59 Å². The fraction of sp³-hybridized carbons (Fsp3) is 0.125. The number of thiocarbonyl (C=S) groups is 1. The summed E-state index contributed by atoms with van der Waals surface area (Å²) in [6, 6.07) is 21.4. The minimum atomic E-state index is -0.426. The molecule has 0 fully saturated rings. The number of hydrazine groups is 1. The number of amides is 2. The van der Waals surface area contributed by atoms with Gasteiger partial charge >= 0.3 is 0 Å². The number of hydrogen-bond donors (Lipinski definition) is 3. The van der Waals surface area contributed by atoms with Crippen LogP contribution in [-0.4, -0.2) is 23.5 Å². The van der Waals surface area contributed by atoms with Crippen LogP contribution in [0.15, 0.2) is 77.3 Å². The van der Waals surface area contributed by atoms with Crippen molar-refractivity contribution in [1.29, 1.82) is 0 Å². The highest BCUT2D eigenvalue weighted by molar-refractivity contribution is 9.10. The van der Waals surface area contributed by atoms with Gasteiger partial charge in [-0.25, -0.2) is 0 Å². The number of rotatable bonds is 7. The van der Waals surface area contributed by atoms with Crippen molar-refractivity contribution < 1.29 is 19.1 Å². The summed E-state index contributed by atoms with van der Waals surface area (Å²) in [5.74, 6) is 0.446. The van der Waals surface area contributed by atoms with Crippen LogP contribution in [-0.2, 0) is 6.61 Å². The van der Waals surface area contributed by atoms with Gasteiger partial charge in [0.05, 0.1) is 11.1 Å². The Morgan fingerprint density at radius 2 is 1.58 bits per heavy atom. The van der Waals surface area contributed by atoms with E-state index in [0.717, 1.165) is 5.56 Å². The second-order valence-electron chi connectivity index (χ2n) is 6.74. The molecule has 0 bridgehead atoms. The number of halogens is 1. The molecule has 2 amide bonds. The average molecular weight is 528 g/mol. The minimum absolute atomic E-state index is 0.0406. The lowest BCUT2D eigenvalue weighted by Gasteiger charge is -2.12. The van der Waals surface area contributed by atoms with Crippen LogP contribution in [0, 0.1) is 0 Å². The number of nitrogens with one attached hydrogen (secondary N) is 3. The molecular formula is C24H22BrN3O4S. The zero-order valence-electron chi connectivity index (χ0n) is 17.8. The lowest BCUT2D eigenvalue weighted by atomic mass is 10.2. The molecule has 170 valence electrons. The summed E-state index contributed by atoms with van der Waals surface area (Å²) >= 11 is 8.45. The van der Waals surface area contributed by atoms with Gasteiger partial charge in [0, 0.05) is 11.1 Å². The molecule has 0 aliphatic heterocycles. The van der Waals surface area contributed by atoms with Gasteiger partial charge in [0.2, 0.25) is 0 Å². The van der Waals surface area contributed by atoms with E-state index in [4.69, 9.17) is 21.7 Å². The Balaban J connectivity index is 1.46. The maximum Gasteiger partial charge on any atom is 0.269 e. The number of ether oxygens (including phenoxy) is 2. The van der Waals surface area contributed by atoms with Gasteiger partial charge in [0.25, 0.3) is 11.8 Å². The molecule has 9 heteroatoms. The van der Waals surface area contributed by atoms with Gasteiger partial charge in [-0.05, 0) is 83.1 Å². The van der Waals surface area contributed by atoms with Crippen LogP contribution in [0.2, 0.25) is 0 Å². The molecule has 0 saturated carbocycles. The maximum absolute atomic E-state index is 12.4. The SMILES string of the molecule is CCOc1ccc(C(=O)NC(=S)NNC(=O)c2ccc(OCc3ccccc3)cc2)cc1Br. The van der Waals surface area contributed by atoms with E-state index in [1.54, 1.807) is 42.5 Å². The Morgan fingerprint density at radius 3 is 2.24 bits per heavy atom. The van der Waals surface area contributed by atoms with Gasteiger partial charge in [0.1, 0.15) is 18.1 Å². The molecule has 3 N–H and O–H groups in total. The first-order valence-electron chi connectivity index (χ1n) is 10.1. The number of carbonyl (C=O) groups is 2. The molecule has 0 spiro atoms. The summed E-state index contributed by atoms with van der Waals surface area (Å²) in [5, 5.41) is 2.47. The lowest BCUT2D eigenvalue weighted by molar-refractivity contribution is 0.0934. The largest absolute Gasteiger partial charge is 0.493 e. The van der Waals surface area contributed by atoms with Crippen molar-refractivity contribution >= 4 is 45.1 Å². The first-order valence-corrected chi connectivity index (χ1v) is 11.3. The molecule has 3 rings (SSSR count). The third-order valence-electron chi connectivity index (χ3n) is 4.38. The smallest absolute Gasteiger partial charge is 0.269 e. The number of hydrogen-bond acceptors (Lipinski definition) is 5. The third-order valence-corrected chi connectivity index (χ3v) is 5.20. The second-order valence-corrected chi connectivity index (χ2v) is 8.00. The highest BCUT2D eigenvalue weighted by Crippen LogP contribution is 2.26. The molecule has 33 heavy (non-hydrogen) atoms. The van der Waals surface area contributed by atoms with E-state index < -0.39 is 11.8 Å². The molecule has 7 nitrogen and oxygen atoms in total. The van der Waals surface area contributed by atoms with Gasteiger partial charge in [-0.1, -0.05) is 30.3 Å². The van der Waals surface area contributed by atoms with Gasteiger partial charge in [-0.15, -0.1) is 0 Å². The summed E-state index contributed by atoms with van der Waals surface area (Å²) in [6.07, 6.45) is 0. The first-order chi connectivity index (χ1) is 16.0. The molecular weight excluding hydrogens is 506 g/mol. The fourth-order valence-corrected chi connectivity index (χ4v) is 3.39. The van der Waals surface area contributed by atoms with Crippen LogP contribution in [0.5, 0.6) is 11.5 Å². The van der Waals surface area contributed by atoms with E-state index in [-0.39, 0.29) is 5.11 Å². The zero-order valence-corrected chi connectivity index (χ0v) is 20.2. The normalized spacial score (nSPS) is 10.1. The molecule has 3 aromatic carbocycles. The van der Waals surface area contributed by atoms with Gasteiger partial charge < -0.3 is 9.47 Å². The van der Waals surface area contributed by atoms with Crippen molar-refractivity contribution in [2.75, 3.05) is 6.61 Å². The van der Waals surface area contributed by atoms with Crippen LogP contribution < -0.4 is 25.6 Å². The standard InChI is InChI=1S/C24H22BrN3O4S/c1-2-31-21-13-10-18(14-20(21)25)22(29)26-24(33)28-27-23(30)17-8-11-19(12-9-17)32-15-16-6-4-3-5-7-16/h3-14H,2,15H2,1H3,(H,27,30)(H2,26,28,29,33). The van der Waals surface area contributed by atoms with E-state index in [0.29, 0.717) is 40.3 Å². The summed E-state index contributed by atoms with van der Waals surface area (Å²) < 4.78 is 11.8. The summed E-state index contributed by atoms with van der Waals surface area (Å²) in [5.41, 5.74) is 6.81. The second kappa shape index (κ2) is 12.0. The van der Waals surface area contributed by atoms with E-state index in [2.05, 4.69) is 32.1 Å². The summed E-state index contributed by atoms with van der Waals surface area (Å²) in [4.78, 5) is 24.7. The average Bonchev–Trinajstić information content (AvgIpc) is 2.83. The first kappa shape index (κ1) is 24.2. The quantitative estimate of drug-likeness (QED) is 0.312. The van der Waals surface area contributed by atoms with Crippen LogP contribution in [0.4, 0.5) is 0 Å². The van der Waals surface area contributed by atoms with Crippen molar-refractivity contribution in [2.24, 2.45) is 0 Å². The highest BCUT2D eigenvalue weighted by Gasteiger charge is 2.12. The van der Waals surface area contributed by atoms with Crippen LogP contribution >= 0.6 is 28.1 Å². The summed E-state index contributed by atoms with van der Waals surface area (Å²) in [7, 11) is 0. The van der Waals surface area contributed by atoms with Gasteiger partial charge in [-0.3, -0.25) is 25.8 Å². The third kappa shape index (κ3) is 7.30. The van der Waals surface area contributed by atoms with Crippen molar-refractivity contribution in [3.05, 3.63) is 94.0 Å². The predicted octanol–water partition coefficient (Wildman–Crippen LogP) is 4.38. The molecule has 0 radical (unpaired) electrons. The molecule has 0 unspecified atom stereocenters. The fourth-order valence-electron chi connectivity index (χ4n) is 2.75. The number of carbonyl (C=O) groups excluding carboxylic acids is 2. The lowest BCUT2D eigenvalue weighted by Crippen LogP contribution is -2.48. The van der Waals surface area contributed by atoms with Crippen LogP contribution in [0.25, 0.3) is 0 Å². The van der Waals surface area contributed by atoms with Gasteiger partial charge in [-0.2, -0.15) is 0 Å². The highest BCUT2D eigenvalue weighted by atomic mass is 79.9. The molecule has 0 saturated heterocycles. The Kier molecular flexibility index (Phi) is 8.79. The number of benzene rings is 3. The van der Waals surface area contributed by atoms with Crippen LogP contribution in [0.3, 0.4) is 0 Å². The van der Waals surface area contributed by atoms with Crippen LogP contribution in [0.1, 0.15) is 33.2 Å². The van der Waals surface area contributed by atoms with E-state index in [1.165, 1.54) is 0 Å². The molecule has 0 heterocycles. The Bertz CT molecular complexity index is 1120. The van der Waals surface area contributed by atoms with Crippen molar-refractivity contribution in [3.63, 3.8) is 0 Å². The predicted molar refractivity (Wildman–Crippen MR) is 133 cm³/mol. The Labute approximate surface area is 205 Å². The van der Waals surface area contributed by atoms with E-state index >= 15 is 0 Å². The molecule has 3 aromatic rings. The molecule has 0 aliphatic rings. The van der Waals surface area contributed by atoms with Crippen molar-refractivity contribution in [3.8, 4) is 11.5 Å². The van der Waals surface area contributed by atoms with E-state index in [1.807, 2.05) is 37.3 Å². The molecule has 0 aliphatic carbocycles. The molecule has 0 atom stereocenters. The van der Waals surface area contributed by atoms with Gasteiger partial charge in [0.15, 0.2) is 5.11 Å². The monoisotopic (exact) mass is 527 g/mol. The maximum atomic E-state index is 12.4. The summed E-state index contributed by atoms with van der Waals surface area (Å²) in [6.45, 7) is 2.83. The Morgan fingerprint density at radius 1 is 0.879 bits per heavy atom. The minimum Gasteiger partial charge on any atom is -0.493 e. The van der Waals surface area contributed by atoms with Crippen molar-refractivity contribution in [1.82, 2.24) is 16.2 Å². The Hall–Kier alpha value is -3.43. The molecule has 0 aromatic heterocycles. The topological polar surface area (TPSA) is 88.7 Å². The zero-order chi connectivity index (χ0) is 23.6.